The summed E-state index contributed by atoms with van der Waals surface area (Å²) in [5.74, 6) is -0.0404. The quantitative estimate of drug-likeness (QED) is 0.847. The van der Waals surface area contributed by atoms with E-state index in [0.717, 1.165) is 0 Å². The van der Waals surface area contributed by atoms with Crippen molar-refractivity contribution >= 4 is 27.1 Å². The Hall–Kier alpha value is -1.25. The van der Waals surface area contributed by atoms with Gasteiger partial charge in [0.05, 0.1) is 27.2 Å². The van der Waals surface area contributed by atoms with Gasteiger partial charge in [-0.25, -0.2) is 8.42 Å². The number of nitrogens with zero attached hydrogens (tertiary/aromatic N) is 1. The molecule has 0 radical (unpaired) electrons. The fourth-order valence-electron chi connectivity index (χ4n) is 1.63. The molecule has 0 fully saturated rings. The number of hydrogen-bond acceptors (Lipinski definition) is 4. The number of nitrogen functional groups attached to an aromatic ring is 1. The molecule has 0 atom stereocenters. The van der Waals surface area contributed by atoms with Crippen molar-refractivity contribution in [3.8, 4) is 6.07 Å². The molecular weight excluding hydrogens is 284 g/mol. The minimum absolute atomic E-state index is 0.0404. The third-order valence-corrected chi connectivity index (χ3v) is 5.08. The van der Waals surface area contributed by atoms with Gasteiger partial charge in [-0.3, -0.25) is 0 Å². The van der Waals surface area contributed by atoms with E-state index in [1.54, 1.807) is 19.9 Å². The highest BCUT2D eigenvalue weighted by atomic mass is 35.5. The summed E-state index contributed by atoms with van der Waals surface area (Å²) in [7, 11) is -3.47. The summed E-state index contributed by atoms with van der Waals surface area (Å²) in [4.78, 5) is 0.0592. The summed E-state index contributed by atoms with van der Waals surface area (Å²) >= 11 is 5.89. The number of nitrogens with two attached hydrogens (primary N) is 1. The maximum absolute atomic E-state index is 12.2. The summed E-state index contributed by atoms with van der Waals surface area (Å²) in [5, 5.41) is 9.06. The van der Waals surface area contributed by atoms with E-state index in [-0.39, 0.29) is 15.7 Å². The molecular formula is C13H17ClN2O2S. The molecule has 0 aliphatic rings. The van der Waals surface area contributed by atoms with Crippen molar-refractivity contribution in [1.82, 2.24) is 0 Å². The average Bonchev–Trinajstić information content (AvgIpc) is 2.31. The summed E-state index contributed by atoms with van der Waals surface area (Å²) in [5.41, 5.74) is 5.42. The Labute approximate surface area is 119 Å². The van der Waals surface area contributed by atoms with Gasteiger partial charge in [0, 0.05) is 5.69 Å². The van der Waals surface area contributed by atoms with Gasteiger partial charge in [0.1, 0.15) is 0 Å². The van der Waals surface area contributed by atoms with Gasteiger partial charge in [0.15, 0.2) is 9.84 Å². The highest BCUT2D eigenvalue weighted by molar-refractivity contribution is 7.91. The highest BCUT2D eigenvalue weighted by Crippen LogP contribution is 2.27. The van der Waals surface area contributed by atoms with E-state index < -0.39 is 15.3 Å². The van der Waals surface area contributed by atoms with E-state index in [1.165, 1.54) is 12.1 Å². The molecule has 0 amide bonds. The minimum atomic E-state index is -3.47. The van der Waals surface area contributed by atoms with Gasteiger partial charge in [0.25, 0.3) is 0 Å². The molecule has 0 aliphatic carbocycles. The molecule has 0 heterocycles. The number of rotatable bonds is 5. The van der Waals surface area contributed by atoms with Crippen molar-refractivity contribution < 1.29 is 8.42 Å². The van der Waals surface area contributed by atoms with Gasteiger partial charge in [-0.15, -0.1) is 0 Å². The number of halogens is 1. The monoisotopic (exact) mass is 300 g/mol. The van der Waals surface area contributed by atoms with Crippen molar-refractivity contribution in [3.05, 3.63) is 23.2 Å². The molecule has 4 nitrogen and oxygen atoms in total. The maximum Gasteiger partial charge on any atom is 0.179 e. The first kappa shape index (κ1) is 15.8. The fraction of sp³-hybridized carbons (Fsp3) is 0.462. The largest absolute Gasteiger partial charge is 0.399 e. The van der Waals surface area contributed by atoms with Gasteiger partial charge in [0.2, 0.25) is 0 Å². The molecule has 1 aromatic carbocycles. The number of hydrogen-bond donors (Lipinski definition) is 1. The van der Waals surface area contributed by atoms with Crippen LogP contribution in [0.1, 0.15) is 26.7 Å². The van der Waals surface area contributed by atoms with E-state index in [4.69, 9.17) is 22.6 Å². The van der Waals surface area contributed by atoms with Gasteiger partial charge in [-0.1, -0.05) is 11.6 Å². The van der Waals surface area contributed by atoms with Crippen molar-refractivity contribution in [3.63, 3.8) is 0 Å². The standard InChI is InChI=1S/C13H17ClN2O2S/c1-13(2,9-15)6-3-7-19(17,18)12-8-10(16)4-5-11(12)14/h4-5,8H,3,6-7,16H2,1-2H3. The van der Waals surface area contributed by atoms with Crippen LogP contribution in [-0.2, 0) is 9.84 Å². The predicted octanol–water partition coefficient (Wildman–Crippen LogP) is 3.03. The lowest BCUT2D eigenvalue weighted by atomic mass is 9.90. The second kappa shape index (κ2) is 5.81. The van der Waals surface area contributed by atoms with Crippen LogP contribution in [0.25, 0.3) is 0 Å². The predicted molar refractivity (Wildman–Crippen MR) is 76.5 cm³/mol. The van der Waals surface area contributed by atoms with Crippen LogP contribution in [0.4, 0.5) is 5.69 Å². The minimum Gasteiger partial charge on any atom is -0.399 e. The summed E-state index contributed by atoms with van der Waals surface area (Å²) < 4.78 is 24.3. The fourth-order valence-corrected chi connectivity index (χ4v) is 3.52. The van der Waals surface area contributed by atoms with E-state index in [1.807, 2.05) is 0 Å². The third-order valence-electron chi connectivity index (χ3n) is 2.81. The molecule has 6 heteroatoms. The van der Waals surface area contributed by atoms with E-state index >= 15 is 0 Å². The van der Waals surface area contributed by atoms with Gasteiger partial charge >= 0.3 is 0 Å². The molecule has 2 N–H and O–H groups in total. The van der Waals surface area contributed by atoms with Crippen LogP contribution in [0, 0.1) is 16.7 Å². The first-order valence-corrected chi connectivity index (χ1v) is 7.90. The second-order valence-electron chi connectivity index (χ2n) is 5.11. The SMILES string of the molecule is CC(C)(C#N)CCCS(=O)(=O)c1cc(N)ccc1Cl. The summed E-state index contributed by atoms with van der Waals surface area (Å²) in [6.07, 6.45) is 0.927. The molecule has 0 unspecified atom stereocenters. The Morgan fingerprint density at radius 1 is 1.42 bits per heavy atom. The lowest BCUT2D eigenvalue weighted by molar-refractivity contribution is 0.445. The molecule has 0 aromatic heterocycles. The number of anilines is 1. The van der Waals surface area contributed by atoms with Gasteiger partial charge in [-0.2, -0.15) is 5.26 Å². The van der Waals surface area contributed by atoms with Crippen molar-refractivity contribution in [2.45, 2.75) is 31.6 Å². The van der Waals surface area contributed by atoms with Crippen LogP contribution < -0.4 is 5.73 Å². The van der Waals surface area contributed by atoms with Gasteiger partial charge in [-0.05, 0) is 44.9 Å². The first-order valence-electron chi connectivity index (χ1n) is 5.87. The van der Waals surface area contributed by atoms with Crippen LogP contribution >= 0.6 is 11.6 Å². The molecule has 19 heavy (non-hydrogen) atoms. The Bertz CT molecular complexity index is 604. The zero-order valence-electron chi connectivity index (χ0n) is 11.0. The average molecular weight is 301 g/mol. The lowest BCUT2D eigenvalue weighted by Crippen LogP contribution is -2.13. The Morgan fingerprint density at radius 3 is 2.63 bits per heavy atom. The smallest absolute Gasteiger partial charge is 0.179 e. The Kier molecular flexibility index (Phi) is 4.83. The van der Waals surface area contributed by atoms with E-state index in [0.29, 0.717) is 18.5 Å². The number of benzene rings is 1. The van der Waals surface area contributed by atoms with Crippen LogP contribution in [0.2, 0.25) is 5.02 Å². The van der Waals surface area contributed by atoms with Crippen molar-refractivity contribution in [1.29, 1.82) is 5.26 Å². The topological polar surface area (TPSA) is 84.0 Å². The number of nitriles is 1. The summed E-state index contributed by atoms with van der Waals surface area (Å²) in [6, 6.07) is 6.55. The molecule has 0 spiro atoms. The van der Waals surface area contributed by atoms with Crippen LogP contribution in [-0.4, -0.2) is 14.2 Å². The Morgan fingerprint density at radius 2 is 2.05 bits per heavy atom. The van der Waals surface area contributed by atoms with Crippen molar-refractivity contribution in [2.75, 3.05) is 11.5 Å². The van der Waals surface area contributed by atoms with Crippen LogP contribution in [0.3, 0.4) is 0 Å². The molecule has 0 saturated carbocycles. The molecule has 1 aromatic rings. The lowest BCUT2D eigenvalue weighted by Gasteiger charge is -2.14. The van der Waals surface area contributed by atoms with E-state index in [9.17, 15) is 8.42 Å². The normalized spacial score (nSPS) is 12.1. The zero-order valence-corrected chi connectivity index (χ0v) is 12.6. The van der Waals surface area contributed by atoms with E-state index in [2.05, 4.69) is 6.07 Å². The van der Waals surface area contributed by atoms with Gasteiger partial charge < -0.3 is 5.73 Å². The summed E-state index contributed by atoms with van der Waals surface area (Å²) in [6.45, 7) is 3.57. The zero-order chi connectivity index (χ0) is 14.7. The maximum atomic E-state index is 12.2. The Balaban J connectivity index is 2.83. The number of sulfone groups is 1. The highest BCUT2D eigenvalue weighted by Gasteiger charge is 2.21. The second-order valence-corrected chi connectivity index (χ2v) is 7.59. The molecule has 0 saturated heterocycles. The molecule has 104 valence electrons. The third kappa shape index (κ3) is 4.41. The molecule has 1 rings (SSSR count). The van der Waals surface area contributed by atoms with Crippen LogP contribution in [0.15, 0.2) is 23.1 Å². The molecule has 0 bridgehead atoms. The molecule has 0 aliphatic heterocycles. The first-order chi connectivity index (χ1) is 8.68. The van der Waals surface area contributed by atoms with Crippen molar-refractivity contribution in [2.24, 2.45) is 5.41 Å². The van der Waals surface area contributed by atoms with Crippen LogP contribution in [0.5, 0.6) is 0 Å².